The highest BCUT2D eigenvalue weighted by molar-refractivity contribution is 7.10. The monoisotopic (exact) mass is 321 g/mol. The summed E-state index contributed by atoms with van der Waals surface area (Å²) in [5, 5.41) is 14.9. The number of fused-ring (bicyclic) bond motifs is 9. The molecule has 0 spiro atoms. The third-order valence-corrected chi connectivity index (χ3v) is 7.48. The van der Waals surface area contributed by atoms with Crippen molar-refractivity contribution in [1.29, 1.82) is 0 Å². The second kappa shape index (κ2) is 4.38. The Morgan fingerprint density at radius 1 is 1.13 bits per heavy atom. The van der Waals surface area contributed by atoms with E-state index in [1.54, 1.807) is 5.56 Å². The van der Waals surface area contributed by atoms with Gasteiger partial charge in [0.25, 0.3) is 0 Å². The Morgan fingerprint density at radius 2 is 2.09 bits per heavy atom. The van der Waals surface area contributed by atoms with E-state index >= 15 is 0 Å². The number of anilines is 1. The number of aromatic nitrogens is 2. The minimum atomic E-state index is 0.493. The number of hydrogen-bond acceptors (Lipinski definition) is 3. The summed E-state index contributed by atoms with van der Waals surface area (Å²) in [5.74, 6) is 3.22. The van der Waals surface area contributed by atoms with Gasteiger partial charge < -0.3 is 5.32 Å². The van der Waals surface area contributed by atoms with Gasteiger partial charge in [-0.3, -0.25) is 5.10 Å². The van der Waals surface area contributed by atoms with Gasteiger partial charge in [0.15, 0.2) is 0 Å². The van der Waals surface area contributed by atoms with Crippen molar-refractivity contribution in [3.05, 3.63) is 46.3 Å². The molecule has 1 aliphatic heterocycles. The van der Waals surface area contributed by atoms with Gasteiger partial charge in [-0.2, -0.15) is 5.10 Å². The first kappa shape index (κ1) is 12.6. The zero-order valence-electron chi connectivity index (χ0n) is 12.8. The van der Waals surface area contributed by atoms with Crippen LogP contribution >= 0.6 is 11.3 Å². The minimum Gasteiger partial charge on any atom is -0.377 e. The topological polar surface area (TPSA) is 40.7 Å². The SMILES string of the molecule is c1csc([C@@H]2Nc3ccc4[nH]ncc4c3[C@H]3[C@@H]4CC[C@@H](C4)[C@H]32)c1. The first-order chi connectivity index (χ1) is 11.4. The van der Waals surface area contributed by atoms with E-state index < -0.39 is 0 Å². The van der Waals surface area contributed by atoms with Gasteiger partial charge in [0.1, 0.15) is 0 Å². The third kappa shape index (κ3) is 1.57. The summed E-state index contributed by atoms with van der Waals surface area (Å²) in [6.45, 7) is 0. The standard InChI is InChI=1S/C19H19N3S/c1-2-15(23-7-1)19-17-11-4-3-10(8-11)16(17)18-12-9-20-22-13(12)5-6-14(18)21-19/h1-2,5-7,9-11,16-17,19,21H,3-4,8H2,(H,20,22)/t10-,11+,16+,17-,19+/m1/s1. The average molecular weight is 321 g/mol. The lowest BCUT2D eigenvalue weighted by molar-refractivity contribution is 0.251. The van der Waals surface area contributed by atoms with Crippen LogP contribution in [-0.4, -0.2) is 10.2 Å². The second-order valence-electron chi connectivity index (χ2n) is 7.43. The minimum absolute atomic E-state index is 0.493. The zero-order chi connectivity index (χ0) is 15.0. The lowest BCUT2D eigenvalue weighted by atomic mass is 9.68. The molecule has 0 saturated heterocycles. The zero-order valence-corrected chi connectivity index (χ0v) is 13.6. The van der Waals surface area contributed by atoms with Crippen molar-refractivity contribution in [2.24, 2.45) is 17.8 Å². The van der Waals surface area contributed by atoms with E-state index in [0.717, 1.165) is 17.8 Å². The van der Waals surface area contributed by atoms with Crippen LogP contribution in [0.4, 0.5) is 5.69 Å². The molecular weight excluding hydrogens is 302 g/mol. The van der Waals surface area contributed by atoms with E-state index in [0.29, 0.717) is 12.0 Å². The molecule has 0 radical (unpaired) electrons. The Labute approximate surface area is 139 Å². The number of rotatable bonds is 1. The predicted octanol–water partition coefficient (Wildman–Crippen LogP) is 4.92. The molecule has 1 aromatic carbocycles. The normalized spacial score (nSPS) is 34.3. The highest BCUT2D eigenvalue weighted by Gasteiger charge is 2.54. The van der Waals surface area contributed by atoms with Gasteiger partial charge in [0, 0.05) is 16.0 Å². The van der Waals surface area contributed by atoms with Crippen LogP contribution in [0, 0.1) is 17.8 Å². The summed E-state index contributed by atoms with van der Waals surface area (Å²) in [6.07, 6.45) is 6.29. The highest BCUT2D eigenvalue weighted by atomic mass is 32.1. The Morgan fingerprint density at radius 3 is 3.00 bits per heavy atom. The lowest BCUT2D eigenvalue weighted by Crippen LogP contribution is -2.35. The molecular formula is C19H19N3S. The molecule has 3 nitrogen and oxygen atoms in total. The maximum Gasteiger partial charge on any atom is 0.0654 e. The number of nitrogens with one attached hydrogen (secondary N) is 2. The second-order valence-corrected chi connectivity index (χ2v) is 8.41. The van der Waals surface area contributed by atoms with Crippen LogP contribution in [0.3, 0.4) is 0 Å². The number of thiophene rings is 1. The van der Waals surface area contributed by atoms with Crippen LogP contribution in [0.15, 0.2) is 35.8 Å². The van der Waals surface area contributed by atoms with Crippen LogP contribution in [0.2, 0.25) is 0 Å². The molecule has 2 aliphatic carbocycles. The van der Waals surface area contributed by atoms with Crippen LogP contribution in [0.5, 0.6) is 0 Å². The van der Waals surface area contributed by atoms with Gasteiger partial charge in [0.05, 0.1) is 17.8 Å². The van der Waals surface area contributed by atoms with E-state index in [1.807, 2.05) is 17.5 Å². The van der Waals surface area contributed by atoms with Crippen molar-refractivity contribution in [2.45, 2.75) is 31.2 Å². The maximum absolute atomic E-state index is 4.30. The predicted molar refractivity (Wildman–Crippen MR) is 93.8 cm³/mol. The Bertz CT molecular complexity index is 881. The van der Waals surface area contributed by atoms with Crippen LogP contribution in [0.1, 0.15) is 41.7 Å². The molecule has 3 aromatic rings. The van der Waals surface area contributed by atoms with Gasteiger partial charge in [-0.25, -0.2) is 0 Å². The van der Waals surface area contributed by atoms with E-state index in [-0.39, 0.29) is 0 Å². The molecule has 3 aliphatic rings. The summed E-state index contributed by atoms with van der Waals surface area (Å²) in [5.41, 5.74) is 4.06. The van der Waals surface area contributed by atoms with Gasteiger partial charge in [-0.15, -0.1) is 11.3 Å². The molecule has 6 rings (SSSR count). The molecule has 3 heterocycles. The van der Waals surface area contributed by atoms with Crippen LogP contribution in [0.25, 0.3) is 10.9 Å². The molecule has 2 fully saturated rings. The van der Waals surface area contributed by atoms with Gasteiger partial charge >= 0.3 is 0 Å². The van der Waals surface area contributed by atoms with Crippen molar-refractivity contribution in [3.8, 4) is 0 Å². The summed E-state index contributed by atoms with van der Waals surface area (Å²) in [7, 11) is 0. The number of H-pyrrole nitrogens is 1. The smallest absolute Gasteiger partial charge is 0.0654 e. The number of benzene rings is 1. The molecule has 4 heteroatoms. The van der Waals surface area contributed by atoms with Gasteiger partial charge in [0.2, 0.25) is 0 Å². The average Bonchev–Trinajstić information content (AvgIpc) is 3.37. The summed E-state index contributed by atoms with van der Waals surface area (Å²) >= 11 is 1.90. The van der Waals surface area contributed by atoms with Gasteiger partial charge in [-0.05, 0) is 72.1 Å². The fourth-order valence-electron chi connectivity index (χ4n) is 5.76. The summed E-state index contributed by atoms with van der Waals surface area (Å²) in [4.78, 5) is 1.51. The van der Waals surface area contributed by atoms with Crippen molar-refractivity contribution >= 4 is 27.9 Å². The summed E-state index contributed by atoms with van der Waals surface area (Å²) in [6, 6.07) is 9.43. The molecule has 2 saturated carbocycles. The molecule has 5 atom stereocenters. The van der Waals surface area contributed by atoms with Crippen LogP contribution < -0.4 is 5.32 Å². The number of aromatic amines is 1. The molecule has 2 bridgehead atoms. The van der Waals surface area contributed by atoms with E-state index in [4.69, 9.17) is 0 Å². The molecule has 116 valence electrons. The van der Waals surface area contributed by atoms with Crippen LogP contribution in [-0.2, 0) is 0 Å². The van der Waals surface area contributed by atoms with E-state index in [2.05, 4.69) is 45.2 Å². The van der Waals surface area contributed by atoms with Crippen molar-refractivity contribution in [3.63, 3.8) is 0 Å². The lowest BCUT2D eigenvalue weighted by Gasteiger charge is -2.43. The molecule has 2 aromatic heterocycles. The quantitative estimate of drug-likeness (QED) is 0.668. The number of hydrogen-bond donors (Lipinski definition) is 2. The van der Waals surface area contributed by atoms with Crippen molar-refractivity contribution in [1.82, 2.24) is 10.2 Å². The highest BCUT2D eigenvalue weighted by Crippen LogP contribution is 2.64. The third-order valence-electron chi connectivity index (χ3n) is 6.53. The fraction of sp³-hybridized carbons (Fsp3) is 0.421. The first-order valence-electron chi connectivity index (χ1n) is 8.66. The van der Waals surface area contributed by atoms with Gasteiger partial charge in [-0.1, -0.05) is 6.07 Å². The Kier molecular flexibility index (Phi) is 2.40. The number of nitrogens with zero attached hydrogens (tertiary/aromatic N) is 1. The maximum atomic E-state index is 4.30. The fourth-order valence-corrected chi connectivity index (χ4v) is 6.59. The van der Waals surface area contributed by atoms with Crippen molar-refractivity contribution in [2.75, 3.05) is 5.32 Å². The summed E-state index contributed by atoms with van der Waals surface area (Å²) < 4.78 is 0. The van der Waals surface area contributed by atoms with E-state index in [1.165, 1.54) is 40.7 Å². The molecule has 23 heavy (non-hydrogen) atoms. The molecule has 0 amide bonds. The Hall–Kier alpha value is -1.81. The van der Waals surface area contributed by atoms with Crippen molar-refractivity contribution < 1.29 is 0 Å². The molecule has 0 unspecified atom stereocenters. The largest absolute Gasteiger partial charge is 0.377 e. The Balaban J connectivity index is 1.60. The molecule has 2 N–H and O–H groups in total. The first-order valence-corrected chi connectivity index (χ1v) is 9.54. The van der Waals surface area contributed by atoms with E-state index in [9.17, 15) is 0 Å².